The maximum absolute atomic E-state index is 11.8. The van der Waals surface area contributed by atoms with Gasteiger partial charge in [0.05, 0.1) is 6.07 Å². The summed E-state index contributed by atoms with van der Waals surface area (Å²) in [6, 6.07) is 5.67. The molecule has 0 radical (unpaired) electrons. The fourth-order valence-electron chi connectivity index (χ4n) is 1.43. The lowest BCUT2D eigenvalue weighted by atomic mass is 10.2. The van der Waals surface area contributed by atoms with Crippen molar-refractivity contribution in [2.24, 2.45) is 0 Å². The number of carbonyl (C=O) groups excluding carboxylic acids is 1. The van der Waals surface area contributed by atoms with Crippen LogP contribution in [0.15, 0.2) is 12.1 Å². The van der Waals surface area contributed by atoms with Crippen LogP contribution in [0.2, 0.25) is 0 Å². The van der Waals surface area contributed by atoms with E-state index in [0.29, 0.717) is 5.69 Å². The van der Waals surface area contributed by atoms with Gasteiger partial charge in [-0.2, -0.15) is 5.26 Å². The number of aromatic nitrogens is 1. The Hall–Kier alpha value is -1.89. The molecular formula is C14H19N3O. The number of nitriles is 1. The Morgan fingerprint density at radius 3 is 2.44 bits per heavy atom. The molecule has 18 heavy (non-hydrogen) atoms. The minimum absolute atomic E-state index is 0.262. The number of nitrogens with zero attached hydrogens (tertiary/aromatic N) is 2. The predicted molar refractivity (Wildman–Crippen MR) is 70.1 cm³/mol. The van der Waals surface area contributed by atoms with E-state index in [9.17, 15) is 4.79 Å². The van der Waals surface area contributed by atoms with Crippen molar-refractivity contribution in [2.75, 3.05) is 0 Å². The molecular weight excluding hydrogens is 226 g/mol. The number of aryl methyl sites for hydroxylation is 2. The fraction of sp³-hybridized carbons (Fsp3) is 0.500. The van der Waals surface area contributed by atoms with E-state index in [0.717, 1.165) is 24.1 Å². The summed E-state index contributed by atoms with van der Waals surface area (Å²) in [6.07, 6.45) is 1.47. The number of amides is 1. The van der Waals surface area contributed by atoms with Crippen molar-refractivity contribution >= 4 is 5.91 Å². The maximum Gasteiger partial charge on any atom is 0.271 e. The molecule has 1 aromatic rings. The van der Waals surface area contributed by atoms with Crippen molar-refractivity contribution in [3.05, 3.63) is 29.1 Å². The van der Waals surface area contributed by atoms with Gasteiger partial charge in [-0.1, -0.05) is 19.9 Å². The van der Waals surface area contributed by atoms with Crippen molar-refractivity contribution < 1.29 is 4.79 Å². The Balaban J connectivity index is 0.000000771. The summed E-state index contributed by atoms with van der Waals surface area (Å²) in [5.74, 6) is -0.262. The summed E-state index contributed by atoms with van der Waals surface area (Å²) in [5, 5.41) is 11.6. The third-order valence-electron chi connectivity index (χ3n) is 2.90. The minimum atomic E-state index is -0.627. The molecule has 1 N–H and O–H groups in total. The Labute approximate surface area is 108 Å². The zero-order valence-corrected chi connectivity index (χ0v) is 11.4. The molecule has 1 aromatic heterocycles. The van der Waals surface area contributed by atoms with E-state index in [2.05, 4.69) is 16.4 Å². The monoisotopic (exact) mass is 245 g/mol. The smallest absolute Gasteiger partial charge is 0.271 e. The molecule has 0 saturated heterocycles. The van der Waals surface area contributed by atoms with Crippen LogP contribution < -0.4 is 5.32 Å². The molecule has 0 atom stereocenters. The van der Waals surface area contributed by atoms with Gasteiger partial charge < -0.3 is 5.32 Å². The highest BCUT2D eigenvalue weighted by molar-refractivity contribution is 5.93. The van der Waals surface area contributed by atoms with E-state index >= 15 is 0 Å². The second-order valence-corrected chi connectivity index (χ2v) is 4.25. The summed E-state index contributed by atoms with van der Waals surface area (Å²) in [6.45, 7) is 7.81. The summed E-state index contributed by atoms with van der Waals surface area (Å²) in [4.78, 5) is 16.0. The first-order valence-corrected chi connectivity index (χ1v) is 6.24. The molecule has 1 fully saturated rings. The van der Waals surface area contributed by atoms with Gasteiger partial charge in [-0.25, -0.2) is 4.98 Å². The molecule has 0 aliphatic heterocycles. The summed E-state index contributed by atoms with van der Waals surface area (Å²) in [7, 11) is 0. The lowest BCUT2D eigenvalue weighted by Crippen LogP contribution is -2.36. The van der Waals surface area contributed by atoms with Crippen molar-refractivity contribution in [3.8, 4) is 6.07 Å². The third kappa shape index (κ3) is 3.07. The van der Waals surface area contributed by atoms with E-state index in [-0.39, 0.29) is 5.91 Å². The average molecular weight is 245 g/mol. The van der Waals surface area contributed by atoms with E-state index in [1.54, 1.807) is 6.07 Å². The topological polar surface area (TPSA) is 65.8 Å². The molecule has 96 valence electrons. The Morgan fingerprint density at radius 2 is 2.00 bits per heavy atom. The van der Waals surface area contributed by atoms with E-state index < -0.39 is 5.54 Å². The quantitative estimate of drug-likeness (QED) is 0.870. The average Bonchev–Trinajstić information content (AvgIpc) is 3.15. The number of hydrogen-bond acceptors (Lipinski definition) is 3. The minimum Gasteiger partial charge on any atom is -0.332 e. The standard InChI is InChI=1S/C12H13N3O.C2H6/c1-8-3-4-10(14-9(8)2)11(16)15-12(7-13)5-6-12;1-2/h3-4H,5-6H2,1-2H3,(H,15,16);1-2H3. The van der Waals surface area contributed by atoms with Gasteiger partial charge in [0.1, 0.15) is 11.2 Å². The van der Waals surface area contributed by atoms with Crippen LogP contribution in [-0.4, -0.2) is 16.4 Å². The van der Waals surface area contributed by atoms with Gasteiger partial charge in [-0.05, 0) is 38.3 Å². The molecule has 0 spiro atoms. The van der Waals surface area contributed by atoms with Crippen LogP contribution in [0.3, 0.4) is 0 Å². The molecule has 4 nitrogen and oxygen atoms in total. The Kier molecular flexibility index (Phi) is 4.43. The van der Waals surface area contributed by atoms with Crippen molar-refractivity contribution in [1.29, 1.82) is 5.26 Å². The predicted octanol–water partition coefficient (Wildman–Crippen LogP) is 2.51. The lowest BCUT2D eigenvalue weighted by Gasteiger charge is -2.09. The van der Waals surface area contributed by atoms with Crippen LogP contribution in [0.4, 0.5) is 0 Å². The second-order valence-electron chi connectivity index (χ2n) is 4.25. The molecule has 4 heteroatoms. The normalized spacial score (nSPS) is 14.8. The van der Waals surface area contributed by atoms with Gasteiger partial charge in [0, 0.05) is 5.69 Å². The molecule has 1 heterocycles. The summed E-state index contributed by atoms with van der Waals surface area (Å²) < 4.78 is 0. The zero-order chi connectivity index (χ0) is 13.8. The van der Waals surface area contributed by atoms with Gasteiger partial charge in [-0.15, -0.1) is 0 Å². The highest BCUT2D eigenvalue weighted by Gasteiger charge is 2.44. The molecule has 0 aromatic carbocycles. The van der Waals surface area contributed by atoms with E-state index in [1.807, 2.05) is 33.8 Å². The second kappa shape index (κ2) is 5.63. The van der Waals surface area contributed by atoms with Crippen LogP contribution in [0, 0.1) is 25.2 Å². The first kappa shape index (κ1) is 14.2. The molecule has 1 aliphatic carbocycles. The molecule has 0 unspecified atom stereocenters. The number of hydrogen-bond donors (Lipinski definition) is 1. The number of pyridine rings is 1. The lowest BCUT2D eigenvalue weighted by molar-refractivity contribution is 0.0936. The van der Waals surface area contributed by atoms with Gasteiger partial charge in [0.2, 0.25) is 0 Å². The molecule has 0 bridgehead atoms. The van der Waals surface area contributed by atoms with Crippen LogP contribution >= 0.6 is 0 Å². The van der Waals surface area contributed by atoms with E-state index in [1.165, 1.54) is 0 Å². The molecule has 1 aliphatic rings. The highest BCUT2D eigenvalue weighted by atomic mass is 16.2. The van der Waals surface area contributed by atoms with Gasteiger partial charge in [0.25, 0.3) is 5.91 Å². The molecule has 1 amide bonds. The zero-order valence-electron chi connectivity index (χ0n) is 11.4. The summed E-state index contributed by atoms with van der Waals surface area (Å²) >= 11 is 0. The highest BCUT2D eigenvalue weighted by Crippen LogP contribution is 2.34. The van der Waals surface area contributed by atoms with Crippen LogP contribution in [0.25, 0.3) is 0 Å². The first-order chi connectivity index (χ1) is 8.56. The third-order valence-corrected chi connectivity index (χ3v) is 2.90. The van der Waals surface area contributed by atoms with Crippen LogP contribution in [0.1, 0.15) is 48.4 Å². The first-order valence-electron chi connectivity index (χ1n) is 6.24. The van der Waals surface area contributed by atoms with E-state index in [4.69, 9.17) is 5.26 Å². The van der Waals surface area contributed by atoms with Crippen LogP contribution in [0.5, 0.6) is 0 Å². The van der Waals surface area contributed by atoms with Crippen molar-refractivity contribution in [2.45, 2.75) is 46.1 Å². The number of carbonyl (C=O) groups is 1. The summed E-state index contributed by atoms with van der Waals surface area (Å²) in [5.41, 5.74) is 1.65. The van der Waals surface area contributed by atoms with Gasteiger partial charge in [0.15, 0.2) is 0 Å². The molecule has 1 saturated carbocycles. The van der Waals surface area contributed by atoms with Gasteiger partial charge in [-0.3, -0.25) is 4.79 Å². The fourth-order valence-corrected chi connectivity index (χ4v) is 1.43. The molecule has 2 rings (SSSR count). The largest absolute Gasteiger partial charge is 0.332 e. The van der Waals surface area contributed by atoms with Crippen molar-refractivity contribution in [3.63, 3.8) is 0 Å². The maximum atomic E-state index is 11.8. The number of rotatable bonds is 2. The van der Waals surface area contributed by atoms with Crippen LogP contribution in [-0.2, 0) is 0 Å². The Bertz CT molecular complexity index is 484. The van der Waals surface area contributed by atoms with Crippen molar-refractivity contribution in [1.82, 2.24) is 10.3 Å². The number of nitrogens with one attached hydrogen (secondary N) is 1. The SMILES string of the molecule is CC.Cc1ccc(C(=O)NC2(C#N)CC2)nc1C. The Morgan fingerprint density at radius 1 is 1.39 bits per heavy atom. The van der Waals surface area contributed by atoms with Gasteiger partial charge >= 0.3 is 0 Å².